The van der Waals surface area contributed by atoms with E-state index in [1.54, 1.807) is 6.07 Å². The fraction of sp³-hybridized carbons (Fsp3) is 0.500. The smallest absolute Gasteiger partial charge is 0.220 e. The molecule has 1 aliphatic rings. The highest BCUT2D eigenvalue weighted by atomic mass is 16.5. The Bertz CT molecular complexity index is 454. The van der Waals surface area contributed by atoms with E-state index in [1.807, 2.05) is 12.1 Å². The maximum absolute atomic E-state index is 11.1. The third kappa shape index (κ3) is 3.17. The number of carbonyl (C=O) groups is 1. The zero-order valence-electron chi connectivity index (χ0n) is 11.1. The molecule has 0 bridgehead atoms. The fourth-order valence-electron chi connectivity index (χ4n) is 2.48. The Labute approximate surface area is 113 Å². The number of rotatable bonds is 4. The third-order valence-electron chi connectivity index (χ3n) is 3.69. The summed E-state index contributed by atoms with van der Waals surface area (Å²) in [5, 5.41) is 10.0. The predicted octanol–water partition coefficient (Wildman–Crippen LogP) is 1.10. The second kappa shape index (κ2) is 5.93. The Balaban J connectivity index is 1.98. The van der Waals surface area contributed by atoms with Crippen molar-refractivity contribution in [2.45, 2.75) is 19.4 Å². The molecule has 5 heteroatoms. The molecule has 19 heavy (non-hydrogen) atoms. The molecule has 1 amide bonds. The van der Waals surface area contributed by atoms with Gasteiger partial charge in [-0.3, -0.25) is 9.69 Å². The van der Waals surface area contributed by atoms with E-state index in [0.717, 1.165) is 31.5 Å². The lowest BCUT2D eigenvalue weighted by molar-refractivity contribution is -0.123. The Morgan fingerprint density at radius 2 is 2.16 bits per heavy atom. The van der Waals surface area contributed by atoms with E-state index in [9.17, 15) is 9.90 Å². The highest BCUT2D eigenvalue weighted by Gasteiger charge is 2.23. The number of carbonyl (C=O) groups excluding carboxylic acids is 1. The minimum atomic E-state index is -0.205. The first-order chi connectivity index (χ1) is 9.11. The Morgan fingerprint density at radius 1 is 1.47 bits per heavy atom. The van der Waals surface area contributed by atoms with Crippen LogP contribution in [0.15, 0.2) is 18.2 Å². The number of primary amides is 1. The highest BCUT2D eigenvalue weighted by Crippen LogP contribution is 2.31. The maximum Gasteiger partial charge on any atom is 0.220 e. The van der Waals surface area contributed by atoms with Crippen LogP contribution >= 0.6 is 0 Å². The Morgan fingerprint density at radius 3 is 2.74 bits per heavy atom. The molecule has 104 valence electrons. The molecule has 3 N–H and O–H groups in total. The van der Waals surface area contributed by atoms with Gasteiger partial charge >= 0.3 is 0 Å². The normalized spacial score (nSPS) is 17.3. The lowest BCUT2D eigenvalue weighted by Gasteiger charge is -2.30. The number of para-hydroxylation sites is 1. The zero-order chi connectivity index (χ0) is 13.8. The quantitative estimate of drug-likeness (QED) is 0.853. The number of ether oxygens (including phenoxy) is 1. The van der Waals surface area contributed by atoms with E-state index < -0.39 is 0 Å². The molecule has 1 saturated heterocycles. The summed E-state index contributed by atoms with van der Waals surface area (Å²) in [6.45, 7) is 2.31. The average Bonchev–Trinajstić information content (AvgIpc) is 2.42. The molecule has 0 atom stereocenters. The standard InChI is InChI=1S/C14H20N2O3/c1-19-12-4-2-3-11(13(12)17)9-16-7-5-10(6-8-16)14(15)18/h2-4,10,17H,5-9H2,1H3,(H2,15,18). The second-order valence-corrected chi connectivity index (χ2v) is 4.92. The van der Waals surface area contributed by atoms with Gasteiger partial charge in [-0.2, -0.15) is 0 Å². The Kier molecular flexibility index (Phi) is 4.27. The van der Waals surface area contributed by atoms with E-state index >= 15 is 0 Å². The number of phenols is 1. The molecule has 1 aromatic carbocycles. The molecular formula is C14H20N2O3. The second-order valence-electron chi connectivity index (χ2n) is 4.92. The van der Waals surface area contributed by atoms with Gasteiger partial charge in [-0.05, 0) is 32.0 Å². The van der Waals surface area contributed by atoms with Gasteiger partial charge in [-0.25, -0.2) is 0 Å². The van der Waals surface area contributed by atoms with Crippen molar-refractivity contribution in [2.24, 2.45) is 11.7 Å². The average molecular weight is 264 g/mol. The molecular weight excluding hydrogens is 244 g/mol. The van der Waals surface area contributed by atoms with Gasteiger partial charge in [-0.1, -0.05) is 12.1 Å². The van der Waals surface area contributed by atoms with Crippen LogP contribution in [0.4, 0.5) is 0 Å². The molecule has 5 nitrogen and oxygen atoms in total. The van der Waals surface area contributed by atoms with Crippen LogP contribution in [0.5, 0.6) is 11.5 Å². The molecule has 0 saturated carbocycles. The van der Waals surface area contributed by atoms with Crippen molar-refractivity contribution in [1.29, 1.82) is 0 Å². The number of hydrogen-bond donors (Lipinski definition) is 2. The van der Waals surface area contributed by atoms with Crippen LogP contribution in [0, 0.1) is 5.92 Å². The summed E-state index contributed by atoms with van der Waals surface area (Å²) in [6.07, 6.45) is 1.58. The summed E-state index contributed by atoms with van der Waals surface area (Å²) in [6, 6.07) is 5.49. The van der Waals surface area contributed by atoms with Crippen LogP contribution < -0.4 is 10.5 Å². The van der Waals surface area contributed by atoms with Crippen molar-refractivity contribution in [2.75, 3.05) is 20.2 Å². The summed E-state index contributed by atoms with van der Waals surface area (Å²) in [4.78, 5) is 13.3. The Hall–Kier alpha value is -1.75. The molecule has 2 rings (SSSR count). The fourth-order valence-corrected chi connectivity index (χ4v) is 2.48. The monoisotopic (exact) mass is 264 g/mol. The predicted molar refractivity (Wildman–Crippen MR) is 71.9 cm³/mol. The number of nitrogens with zero attached hydrogens (tertiary/aromatic N) is 1. The number of methoxy groups -OCH3 is 1. The molecule has 0 aromatic heterocycles. The lowest BCUT2D eigenvalue weighted by atomic mass is 9.96. The molecule has 1 fully saturated rings. The molecule has 0 radical (unpaired) electrons. The first-order valence-corrected chi connectivity index (χ1v) is 6.48. The van der Waals surface area contributed by atoms with Crippen LogP contribution in [0.3, 0.4) is 0 Å². The number of likely N-dealkylation sites (tertiary alicyclic amines) is 1. The molecule has 0 aliphatic carbocycles. The third-order valence-corrected chi connectivity index (χ3v) is 3.69. The van der Waals surface area contributed by atoms with Crippen LogP contribution in [-0.4, -0.2) is 36.1 Å². The molecule has 1 aliphatic heterocycles. The van der Waals surface area contributed by atoms with Gasteiger partial charge in [0, 0.05) is 18.0 Å². The van der Waals surface area contributed by atoms with Crippen molar-refractivity contribution in [1.82, 2.24) is 4.90 Å². The summed E-state index contributed by atoms with van der Waals surface area (Å²) >= 11 is 0. The summed E-state index contributed by atoms with van der Waals surface area (Å²) in [5.41, 5.74) is 6.16. The topological polar surface area (TPSA) is 75.8 Å². The summed E-state index contributed by atoms with van der Waals surface area (Å²) in [7, 11) is 1.54. The van der Waals surface area contributed by atoms with Gasteiger partial charge in [0.15, 0.2) is 11.5 Å². The van der Waals surface area contributed by atoms with Crippen LogP contribution in [-0.2, 0) is 11.3 Å². The highest BCUT2D eigenvalue weighted by molar-refractivity contribution is 5.76. The molecule has 1 aromatic rings. The van der Waals surface area contributed by atoms with E-state index in [-0.39, 0.29) is 17.6 Å². The van der Waals surface area contributed by atoms with Crippen LogP contribution in [0.1, 0.15) is 18.4 Å². The van der Waals surface area contributed by atoms with Crippen LogP contribution in [0.2, 0.25) is 0 Å². The molecule has 0 spiro atoms. The minimum absolute atomic E-state index is 0.00448. The van der Waals surface area contributed by atoms with Gasteiger partial charge in [0.05, 0.1) is 7.11 Å². The molecule has 1 heterocycles. The number of piperidine rings is 1. The van der Waals surface area contributed by atoms with Crippen molar-refractivity contribution in [3.8, 4) is 11.5 Å². The van der Waals surface area contributed by atoms with Crippen molar-refractivity contribution < 1.29 is 14.6 Å². The van der Waals surface area contributed by atoms with Gasteiger partial charge in [0.1, 0.15) is 0 Å². The van der Waals surface area contributed by atoms with Gasteiger partial charge in [0.25, 0.3) is 0 Å². The van der Waals surface area contributed by atoms with Crippen molar-refractivity contribution in [3.63, 3.8) is 0 Å². The van der Waals surface area contributed by atoms with E-state index in [4.69, 9.17) is 10.5 Å². The first kappa shape index (κ1) is 13.7. The largest absolute Gasteiger partial charge is 0.504 e. The summed E-state index contributed by atoms with van der Waals surface area (Å²) in [5.74, 6) is 0.477. The first-order valence-electron chi connectivity index (χ1n) is 6.48. The summed E-state index contributed by atoms with van der Waals surface area (Å²) < 4.78 is 5.09. The van der Waals surface area contributed by atoms with Crippen molar-refractivity contribution >= 4 is 5.91 Å². The number of phenolic OH excluding ortho intramolecular Hbond substituents is 1. The van der Waals surface area contributed by atoms with E-state index in [1.165, 1.54) is 7.11 Å². The minimum Gasteiger partial charge on any atom is -0.504 e. The number of amides is 1. The van der Waals surface area contributed by atoms with E-state index in [0.29, 0.717) is 12.3 Å². The van der Waals surface area contributed by atoms with Gasteiger partial charge in [-0.15, -0.1) is 0 Å². The number of benzene rings is 1. The van der Waals surface area contributed by atoms with Gasteiger partial charge < -0.3 is 15.6 Å². The maximum atomic E-state index is 11.1. The van der Waals surface area contributed by atoms with Crippen molar-refractivity contribution in [3.05, 3.63) is 23.8 Å². The number of hydrogen-bond acceptors (Lipinski definition) is 4. The lowest BCUT2D eigenvalue weighted by Crippen LogP contribution is -2.38. The number of nitrogens with two attached hydrogens (primary N) is 1. The zero-order valence-corrected chi connectivity index (χ0v) is 11.1. The SMILES string of the molecule is COc1cccc(CN2CCC(C(N)=O)CC2)c1O. The van der Waals surface area contributed by atoms with E-state index in [2.05, 4.69) is 4.90 Å². The molecule has 0 unspecified atom stereocenters. The van der Waals surface area contributed by atoms with Gasteiger partial charge in [0.2, 0.25) is 5.91 Å². The van der Waals surface area contributed by atoms with Crippen LogP contribution in [0.25, 0.3) is 0 Å². The number of aromatic hydroxyl groups is 1.